The molecule has 0 aliphatic rings. The lowest BCUT2D eigenvalue weighted by Crippen LogP contribution is -1.87. The fourth-order valence-corrected chi connectivity index (χ4v) is 1.82. The molecule has 0 aliphatic carbocycles. The van der Waals surface area contributed by atoms with Crippen LogP contribution in [0.4, 0.5) is 15.4 Å². The quantitative estimate of drug-likeness (QED) is 0.133. The van der Waals surface area contributed by atoms with Gasteiger partial charge in [0.15, 0.2) is 0 Å². The van der Waals surface area contributed by atoms with Crippen LogP contribution in [-0.4, -0.2) is 57.9 Å². The fourth-order valence-electron chi connectivity index (χ4n) is 1.66. The Labute approximate surface area is 255 Å². The van der Waals surface area contributed by atoms with Crippen LogP contribution >= 0.6 is 11.6 Å². The second-order valence-electron chi connectivity index (χ2n) is 8.72. The SMILES string of the molecule is CC(C)C.CC(C)C.N#Cc1cccnc1Cl.Nc1cnccn1.O=C(O)O.O=C(O)O.c1ccc(-c2nnco2)cc1. The number of hydrogen-bond acceptors (Lipinski definition) is 10. The Balaban J connectivity index is -0.000000457. The standard InChI is InChI=1S/C8H6N2O.C6H3ClN2.C4H5N3.2C4H10.2CH2O3/c1-2-4-7(5-3-1)8-10-9-6-11-8;7-6-5(4-8)2-1-3-9-6;5-4-3-6-1-2-7-4;2*1-4(2)3;2*2-1(3)4/h1-6H;1-3H;1-3H,(H2,5,7);2*4H,1-3H3;2*(H2,2,3,4). The number of benzene rings is 1. The summed E-state index contributed by atoms with van der Waals surface area (Å²) in [4.78, 5) is 28.2. The lowest BCUT2D eigenvalue weighted by molar-refractivity contribution is 0.135. The largest absolute Gasteiger partial charge is 0.503 e. The van der Waals surface area contributed by atoms with Gasteiger partial charge in [-0.25, -0.2) is 19.6 Å². The molecule has 15 heteroatoms. The van der Waals surface area contributed by atoms with Crippen LogP contribution in [0, 0.1) is 23.2 Å². The van der Waals surface area contributed by atoms with Gasteiger partial charge in [-0.15, -0.1) is 10.2 Å². The molecule has 0 atom stereocenters. The van der Waals surface area contributed by atoms with Gasteiger partial charge in [-0.1, -0.05) is 71.3 Å². The van der Waals surface area contributed by atoms with E-state index in [1.165, 1.54) is 12.6 Å². The molecule has 1 aromatic carbocycles. The molecule has 4 rings (SSSR count). The number of nitrogens with two attached hydrogens (primary N) is 1. The minimum absolute atomic E-state index is 0.264. The first kappa shape index (κ1) is 42.2. The van der Waals surface area contributed by atoms with Crippen LogP contribution in [0.5, 0.6) is 0 Å². The third kappa shape index (κ3) is 36.7. The van der Waals surface area contributed by atoms with Crippen LogP contribution in [0.2, 0.25) is 5.15 Å². The first-order chi connectivity index (χ1) is 20.1. The van der Waals surface area contributed by atoms with E-state index in [9.17, 15) is 0 Å². The molecule has 0 saturated carbocycles. The maximum Gasteiger partial charge on any atom is 0.503 e. The number of aromatic nitrogens is 5. The zero-order valence-electron chi connectivity index (χ0n) is 24.7. The van der Waals surface area contributed by atoms with Crippen molar-refractivity contribution < 1.29 is 34.4 Å². The van der Waals surface area contributed by atoms with E-state index < -0.39 is 12.3 Å². The Kier molecular flexibility index (Phi) is 27.7. The predicted octanol–water partition coefficient (Wildman–Crippen LogP) is 7.17. The monoisotopic (exact) mass is 619 g/mol. The number of carbonyl (C=O) groups is 2. The minimum atomic E-state index is -1.83. The molecule has 3 aromatic heterocycles. The highest BCUT2D eigenvalue weighted by atomic mass is 35.5. The molecule has 0 bridgehead atoms. The molecule has 43 heavy (non-hydrogen) atoms. The molecule has 234 valence electrons. The van der Waals surface area contributed by atoms with Gasteiger partial charge in [0, 0.05) is 24.2 Å². The number of anilines is 1. The Morgan fingerprint density at radius 1 is 0.860 bits per heavy atom. The predicted molar refractivity (Wildman–Crippen MR) is 162 cm³/mol. The van der Waals surface area contributed by atoms with E-state index in [4.69, 9.17) is 57.0 Å². The van der Waals surface area contributed by atoms with Crippen molar-refractivity contribution in [2.24, 2.45) is 11.8 Å². The third-order valence-electron chi connectivity index (χ3n) is 2.84. The number of carboxylic acid groups (broad SMARTS) is 4. The van der Waals surface area contributed by atoms with E-state index in [2.05, 4.69) is 66.7 Å². The van der Waals surface area contributed by atoms with Gasteiger partial charge in [0.2, 0.25) is 12.3 Å². The number of hydrogen-bond donors (Lipinski definition) is 5. The summed E-state index contributed by atoms with van der Waals surface area (Å²) in [6.45, 7) is 13.0. The second kappa shape index (κ2) is 28.2. The summed E-state index contributed by atoms with van der Waals surface area (Å²) in [6.07, 6.45) is 3.83. The van der Waals surface area contributed by atoms with Crippen molar-refractivity contribution >= 4 is 29.7 Å². The van der Waals surface area contributed by atoms with Gasteiger partial charge in [0.1, 0.15) is 17.0 Å². The summed E-state index contributed by atoms with van der Waals surface area (Å²) in [5.74, 6) is 2.69. The Morgan fingerprint density at radius 2 is 1.37 bits per heavy atom. The molecule has 6 N–H and O–H groups in total. The van der Waals surface area contributed by atoms with E-state index >= 15 is 0 Å². The maximum atomic E-state index is 8.56. The molecular weight excluding hydrogens is 582 g/mol. The lowest BCUT2D eigenvalue weighted by atomic mass is 10.2. The third-order valence-corrected chi connectivity index (χ3v) is 3.14. The van der Waals surface area contributed by atoms with E-state index in [0.29, 0.717) is 17.3 Å². The molecule has 0 aliphatic heterocycles. The molecule has 0 fully saturated rings. The number of halogens is 1. The van der Waals surface area contributed by atoms with Crippen LogP contribution in [0.15, 0.2) is 78.1 Å². The highest BCUT2D eigenvalue weighted by Gasteiger charge is 1.99. The summed E-state index contributed by atoms with van der Waals surface area (Å²) in [5, 5.41) is 43.8. The number of pyridine rings is 1. The van der Waals surface area contributed by atoms with Crippen molar-refractivity contribution in [2.75, 3.05) is 5.73 Å². The van der Waals surface area contributed by atoms with Crippen molar-refractivity contribution in [3.63, 3.8) is 0 Å². The van der Waals surface area contributed by atoms with Crippen molar-refractivity contribution in [3.8, 4) is 17.5 Å². The number of nitriles is 1. The summed E-state index contributed by atoms with van der Waals surface area (Å²) in [7, 11) is 0. The van der Waals surface area contributed by atoms with Gasteiger partial charge in [-0.2, -0.15) is 5.26 Å². The molecular formula is C28H38ClN7O7. The van der Waals surface area contributed by atoms with Gasteiger partial charge in [0.05, 0.1) is 11.8 Å². The zero-order valence-corrected chi connectivity index (χ0v) is 25.5. The summed E-state index contributed by atoms with van der Waals surface area (Å²) >= 11 is 5.49. The Hall–Kier alpha value is -5.29. The van der Waals surface area contributed by atoms with Gasteiger partial charge < -0.3 is 30.6 Å². The number of nitrogens with zero attached hydrogens (tertiary/aromatic N) is 6. The summed E-state index contributed by atoms with van der Waals surface area (Å²) in [5.41, 5.74) is 6.55. The summed E-state index contributed by atoms with van der Waals surface area (Å²) < 4.78 is 5.00. The highest BCUT2D eigenvalue weighted by Crippen LogP contribution is 2.13. The number of nitrogen functional groups attached to an aromatic ring is 1. The van der Waals surface area contributed by atoms with Gasteiger partial charge >= 0.3 is 12.3 Å². The smallest absolute Gasteiger partial charge is 0.450 e. The second-order valence-corrected chi connectivity index (χ2v) is 9.08. The zero-order chi connectivity index (χ0) is 33.6. The first-order valence-corrected chi connectivity index (χ1v) is 12.7. The molecule has 4 aromatic rings. The lowest BCUT2D eigenvalue weighted by Gasteiger charge is -1.89. The van der Waals surface area contributed by atoms with Gasteiger partial charge in [-0.3, -0.25) is 4.98 Å². The van der Waals surface area contributed by atoms with Crippen LogP contribution in [-0.2, 0) is 0 Å². The average Bonchev–Trinajstić information content (AvgIpc) is 3.45. The minimum Gasteiger partial charge on any atom is -0.450 e. The van der Waals surface area contributed by atoms with E-state index in [1.54, 1.807) is 30.7 Å². The fraction of sp³-hybridized carbons (Fsp3) is 0.286. The Bertz CT molecular complexity index is 1230. The number of rotatable bonds is 1. The van der Waals surface area contributed by atoms with Gasteiger partial charge in [0.25, 0.3) is 0 Å². The van der Waals surface area contributed by atoms with Crippen molar-refractivity contribution in [1.82, 2.24) is 25.1 Å². The molecule has 0 spiro atoms. The van der Waals surface area contributed by atoms with Crippen LogP contribution in [0.1, 0.15) is 47.1 Å². The van der Waals surface area contributed by atoms with E-state index in [1.807, 2.05) is 36.4 Å². The van der Waals surface area contributed by atoms with E-state index in [0.717, 1.165) is 17.4 Å². The van der Waals surface area contributed by atoms with Crippen LogP contribution < -0.4 is 5.73 Å². The molecule has 14 nitrogen and oxygen atoms in total. The molecule has 0 radical (unpaired) electrons. The summed E-state index contributed by atoms with van der Waals surface area (Å²) in [6, 6.07) is 14.8. The average molecular weight is 620 g/mol. The maximum absolute atomic E-state index is 8.56. The van der Waals surface area contributed by atoms with E-state index in [-0.39, 0.29) is 5.15 Å². The van der Waals surface area contributed by atoms with Gasteiger partial charge in [-0.05, 0) is 36.1 Å². The Morgan fingerprint density at radius 3 is 1.67 bits per heavy atom. The highest BCUT2D eigenvalue weighted by molar-refractivity contribution is 6.30. The molecule has 0 saturated heterocycles. The molecule has 0 unspecified atom stereocenters. The van der Waals surface area contributed by atoms with Crippen molar-refractivity contribution in [1.29, 1.82) is 5.26 Å². The topological polar surface area (TPSA) is 242 Å². The normalized spacial score (nSPS) is 8.47. The van der Waals surface area contributed by atoms with Crippen molar-refractivity contribution in [2.45, 2.75) is 41.5 Å². The molecule has 0 amide bonds. The molecule has 3 heterocycles. The van der Waals surface area contributed by atoms with Crippen molar-refractivity contribution in [3.05, 3.63) is 84.4 Å². The first-order valence-electron chi connectivity index (χ1n) is 12.3. The van der Waals surface area contributed by atoms with Crippen LogP contribution in [0.3, 0.4) is 0 Å². The van der Waals surface area contributed by atoms with Crippen LogP contribution in [0.25, 0.3) is 11.5 Å².